The van der Waals surface area contributed by atoms with Gasteiger partial charge in [-0.1, -0.05) is 12.8 Å². The number of ether oxygens (including phenoxy) is 1. The summed E-state index contributed by atoms with van der Waals surface area (Å²) in [6.45, 7) is 3.74. The Morgan fingerprint density at radius 3 is 2.48 bits per heavy atom. The van der Waals surface area contributed by atoms with Crippen LogP contribution in [-0.4, -0.2) is 49.1 Å². The number of anilines is 1. The third-order valence-electron chi connectivity index (χ3n) is 6.03. The van der Waals surface area contributed by atoms with Gasteiger partial charge in [0.25, 0.3) is 0 Å². The molecule has 144 valence electrons. The third kappa shape index (κ3) is 3.87. The number of benzene rings is 1. The fourth-order valence-corrected chi connectivity index (χ4v) is 4.43. The van der Waals surface area contributed by atoms with Gasteiger partial charge in [0, 0.05) is 49.4 Å². The van der Waals surface area contributed by atoms with Crippen LogP contribution in [0.25, 0.3) is 10.9 Å². The second-order valence-electron chi connectivity index (χ2n) is 7.71. The Hall–Kier alpha value is -2.30. The lowest BCUT2D eigenvalue weighted by Gasteiger charge is -2.35. The highest BCUT2D eigenvalue weighted by Gasteiger charge is 2.29. The maximum absolute atomic E-state index is 12.9. The first-order valence-electron chi connectivity index (χ1n) is 10.2. The van der Waals surface area contributed by atoms with Crippen LogP contribution in [0.3, 0.4) is 0 Å². The van der Waals surface area contributed by atoms with Crippen LogP contribution in [0.2, 0.25) is 0 Å². The summed E-state index contributed by atoms with van der Waals surface area (Å²) in [6, 6.07) is 8.10. The Bertz CT molecular complexity index is 791. The highest BCUT2D eigenvalue weighted by atomic mass is 16.5. The molecule has 0 radical (unpaired) electrons. The molecule has 0 atom stereocenters. The van der Waals surface area contributed by atoms with Crippen molar-refractivity contribution in [1.29, 1.82) is 0 Å². The van der Waals surface area contributed by atoms with Gasteiger partial charge < -0.3 is 14.5 Å². The summed E-state index contributed by atoms with van der Waals surface area (Å²) < 4.78 is 5.39. The van der Waals surface area contributed by atoms with Crippen molar-refractivity contribution >= 4 is 22.5 Å². The van der Waals surface area contributed by atoms with Gasteiger partial charge in [-0.05, 0) is 49.9 Å². The third-order valence-corrected chi connectivity index (χ3v) is 6.03. The van der Waals surface area contributed by atoms with E-state index in [4.69, 9.17) is 4.74 Å². The van der Waals surface area contributed by atoms with Crippen LogP contribution >= 0.6 is 0 Å². The van der Waals surface area contributed by atoms with Gasteiger partial charge in [-0.2, -0.15) is 0 Å². The lowest BCUT2D eigenvalue weighted by molar-refractivity contribution is -0.136. The zero-order valence-corrected chi connectivity index (χ0v) is 16.2. The number of pyridine rings is 1. The minimum atomic E-state index is 0.182. The van der Waals surface area contributed by atoms with Gasteiger partial charge in [0.1, 0.15) is 5.75 Å². The van der Waals surface area contributed by atoms with Crippen LogP contribution in [0.15, 0.2) is 30.5 Å². The second-order valence-corrected chi connectivity index (χ2v) is 7.71. The van der Waals surface area contributed by atoms with Gasteiger partial charge >= 0.3 is 0 Å². The lowest BCUT2D eigenvalue weighted by atomic mass is 9.94. The number of aromatic nitrogens is 1. The average Bonchev–Trinajstić information content (AvgIpc) is 3.02. The quantitative estimate of drug-likeness (QED) is 0.826. The van der Waals surface area contributed by atoms with Gasteiger partial charge in [-0.3, -0.25) is 9.78 Å². The molecule has 1 aromatic carbocycles. The highest BCUT2D eigenvalue weighted by molar-refractivity contribution is 5.92. The molecule has 3 heterocycles. The van der Waals surface area contributed by atoms with E-state index < -0.39 is 0 Å². The summed E-state index contributed by atoms with van der Waals surface area (Å²) in [6.07, 6.45) is 8.59. The van der Waals surface area contributed by atoms with Crippen molar-refractivity contribution in [2.24, 2.45) is 5.92 Å². The maximum Gasteiger partial charge on any atom is 0.225 e. The number of piperidine rings is 1. The van der Waals surface area contributed by atoms with Gasteiger partial charge in [-0.25, -0.2) is 0 Å². The zero-order valence-electron chi connectivity index (χ0n) is 16.2. The average molecular weight is 367 g/mol. The first-order valence-corrected chi connectivity index (χ1v) is 10.2. The number of hydrogen-bond donors (Lipinski definition) is 0. The normalized spacial score (nSPS) is 19.1. The highest BCUT2D eigenvalue weighted by Crippen LogP contribution is 2.32. The Kier molecular flexibility index (Phi) is 5.46. The van der Waals surface area contributed by atoms with E-state index >= 15 is 0 Å². The number of amides is 1. The van der Waals surface area contributed by atoms with Crippen molar-refractivity contribution in [2.75, 3.05) is 38.2 Å². The lowest BCUT2D eigenvalue weighted by Crippen LogP contribution is -2.43. The van der Waals surface area contributed by atoms with Crippen LogP contribution in [0.1, 0.15) is 38.5 Å². The predicted molar refractivity (Wildman–Crippen MR) is 108 cm³/mol. The summed E-state index contributed by atoms with van der Waals surface area (Å²) in [4.78, 5) is 21.9. The molecular formula is C22H29N3O2. The van der Waals surface area contributed by atoms with E-state index in [0.29, 0.717) is 5.91 Å². The number of fused-ring (bicyclic) bond motifs is 1. The van der Waals surface area contributed by atoms with E-state index in [2.05, 4.69) is 26.9 Å². The molecule has 0 spiro atoms. The molecule has 0 N–H and O–H groups in total. The molecule has 5 heteroatoms. The summed E-state index contributed by atoms with van der Waals surface area (Å²) in [5.41, 5.74) is 2.18. The Morgan fingerprint density at radius 1 is 1.04 bits per heavy atom. The summed E-state index contributed by atoms with van der Waals surface area (Å²) in [7, 11) is 1.69. The minimum absolute atomic E-state index is 0.182. The van der Waals surface area contributed by atoms with Crippen LogP contribution in [-0.2, 0) is 4.79 Å². The van der Waals surface area contributed by atoms with Crippen molar-refractivity contribution in [2.45, 2.75) is 38.5 Å². The molecule has 0 saturated carbocycles. The SMILES string of the molecule is COc1ccc2nccc(N3CCC(C(=O)N4CCCCCC4)CC3)c2c1. The second kappa shape index (κ2) is 8.15. The number of likely N-dealkylation sites (tertiary alicyclic amines) is 1. The molecule has 2 aromatic rings. The van der Waals surface area contributed by atoms with Gasteiger partial charge in [-0.15, -0.1) is 0 Å². The van der Waals surface area contributed by atoms with E-state index in [9.17, 15) is 4.79 Å². The Balaban J connectivity index is 1.46. The van der Waals surface area contributed by atoms with Gasteiger partial charge in [0.2, 0.25) is 5.91 Å². The summed E-state index contributed by atoms with van der Waals surface area (Å²) in [5.74, 6) is 1.42. The van der Waals surface area contributed by atoms with Crippen LogP contribution < -0.4 is 9.64 Å². The van der Waals surface area contributed by atoms with Crippen molar-refractivity contribution in [3.63, 3.8) is 0 Å². The van der Waals surface area contributed by atoms with Crippen molar-refractivity contribution in [3.8, 4) is 5.75 Å². The molecular weight excluding hydrogens is 338 g/mol. The van der Waals surface area contributed by atoms with E-state index in [0.717, 1.165) is 68.5 Å². The molecule has 0 unspecified atom stereocenters. The molecule has 5 nitrogen and oxygen atoms in total. The summed E-state index contributed by atoms with van der Waals surface area (Å²) >= 11 is 0. The van der Waals surface area contributed by atoms with E-state index in [1.165, 1.54) is 18.5 Å². The fraction of sp³-hybridized carbons (Fsp3) is 0.545. The number of nitrogens with zero attached hydrogens (tertiary/aromatic N) is 3. The van der Waals surface area contributed by atoms with Gasteiger partial charge in [0.15, 0.2) is 0 Å². The molecule has 2 fully saturated rings. The number of carbonyl (C=O) groups is 1. The standard InChI is InChI=1S/C22H29N3O2/c1-27-18-6-7-20-19(16-18)21(8-11-23-20)24-14-9-17(10-15-24)22(26)25-12-4-2-3-5-13-25/h6-8,11,16-17H,2-5,9-10,12-15H2,1H3. The first-order chi connectivity index (χ1) is 13.3. The zero-order chi connectivity index (χ0) is 18.6. The molecule has 0 bridgehead atoms. The molecule has 0 aliphatic carbocycles. The van der Waals surface area contributed by atoms with Crippen molar-refractivity contribution < 1.29 is 9.53 Å². The molecule has 2 saturated heterocycles. The minimum Gasteiger partial charge on any atom is -0.497 e. The van der Waals surface area contributed by atoms with Crippen LogP contribution in [0.5, 0.6) is 5.75 Å². The van der Waals surface area contributed by atoms with Gasteiger partial charge in [0.05, 0.1) is 12.6 Å². The van der Waals surface area contributed by atoms with E-state index in [1.54, 1.807) is 7.11 Å². The largest absolute Gasteiger partial charge is 0.497 e. The van der Waals surface area contributed by atoms with Crippen LogP contribution in [0, 0.1) is 5.92 Å². The monoisotopic (exact) mass is 367 g/mol. The van der Waals surface area contributed by atoms with E-state index in [-0.39, 0.29) is 5.92 Å². The molecule has 4 rings (SSSR count). The maximum atomic E-state index is 12.9. The topological polar surface area (TPSA) is 45.7 Å². The molecule has 2 aliphatic heterocycles. The van der Waals surface area contributed by atoms with E-state index in [1.807, 2.05) is 18.3 Å². The van der Waals surface area contributed by atoms with Crippen molar-refractivity contribution in [3.05, 3.63) is 30.5 Å². The molecule has 1 amide bonds. The summed E-state index contributed by atoms with van der Waals surface area (Å²) in [5, 5.41) is 1.12. The predicted octanol–water partition coefficient (Wildman–Crippen LogP) is 3.86. The smallest absolute Gasteiger partial charge is 0.225 e. The number of carbonyl (C=O) groups excluding carboxylic acids is 1. The molecule has 27 heavy (non-hydrogen) atoms. The fourth-order valence-electron chi connectivity index (χ4n) is 4.43. The number of hydrogen-bond acceptors (Lipinski definition) is 4. The van der Waals surface area contributed by atoms with Crippen LogP contribution in [0.4, 0.5) is 5.69 Å². The van der Waals surface area contributed by atoms with Crippen molar-refractivity contribution in [1.82, 2.24) is 9.88 Å². The Labute approximate surface area is 161 Å². The molecule has 2 aliphatic rings. The number of methoxy groups -OCH3 is 1. The Morgan fingerprint density at radius 2 is 1.78 bits per heavy atom. The molecule has 1 aromatic heterocycles. The number of rotatable bonds is 3. The first kappa shape index (κ1) is 18.1.